The molecule has 2 amide bonds. The summed E-state index contributed by atoms with van der Waals surface area (Å²) in [6.07, 6.45) is 3.72. The number of aliphatic hydroxyl groups excluding tert-OH is 1. The Kier molecular flexibility index (Phi) is 6.93. The number of rotatable bonds is 3. The average Bonchev–Trinajstić information content (AvgIpc) is 2.94. The summed E-state index contributed by atoms with van der Waals surface area (Å²) < 4.78 is 28.3. The number of carbonyl (C=O) groups excluding carboxylic acids is 2. The fraction of sp³-hybridized carbons (Fsp3) is 0.409. The van der Waals surface area contributed by atoms with E-state index < -0.39 is 34.6 Å². The molecule has 1 fully saturated rings. The van der Waals surface area contributed by atoms with Gasteiger partial charge in [0.15, 0.2) is 11.4 Å². The second-order valence-corrected chi connectivity index (χ2v) is 7.79. The molecule has 3 N–H and O–H groups in total. The summed E-state index contributed by atoms with van der Waals surface area (Å²) in [5.74, 6) is -3.57. The SMILES string of the molecule is CC1CCCC2CN1C(=O)c1c(O)c(=O)c(C(=O)NCc3ccc(F)cc3F)cn12.CO. The van der Waals surface area contributed by atoms with Crippen LogP contribution in [0.2, 0.25) is 0 Å². The van der Waals surface area contributed by atoms with E-state index >= 15 is 0 Å². The summed E-state index contributed by atoms with van der Waals surface area (Å²) in [5.41, 5.74) is -1.35. The van der Waals surface area contributed by atoms with Gasteiger partial charge in [0.25, 0.3) is 11.8 Å². The number of amides is 2. The molecule has 0 radical (unpaired) electrons. The molecule has 10 heteroatoms. The number of hydrogen-bond acceptors (Lipinski definition) is 5. The normalized spacial score (nSPS) is 19.4. The summed E-state index contributed by atoms with van der Waals surface area (Å²) >= 11 is 0. The maximum Gasteiger partial charge on any atom is 0.274 e. The van der Waals surface area contributed by atoms with Gasteiger partial charge in [-0.15, -0.1) is 0 Å². The molecule has 1 saturated heterocycles. The van der Waals surface area contributed by atoms with Crippen molar-refractivity contribution in [1.29, 1.82) is 0 Å². The molecule has 2 unspecified atom stereocenters. The molecule has 0 aliphatic carbocycles. The lowest BCUT2D eigenvalue weighted by molar-refractivity contribution is 0.0604. The Balaban J connectivity index is 0.00000141. The van der Waals surface area contributed by atoms with Crippen LogP contribution in [0.4, 0.5) is 8.78 Å². The van der Waals surface area contributed by atoms with Gasteiger partial charge in [-0.1, -0.05) is 6.07 Å². The monoisotopic (exact) mass is 449 g/mol. The van der Waals surface area contributed by atoms with E-state index in [9.17, 15) is 28.3 Å². The summed E-state index contributed by atoms with van der Waals surface area (Å²) in [5, 5.41) is 19.9. The van der Waals surface area contributed by atoms with E-state index in [1.807, 2.05) is 6.92 Å². The van der Waals surface area contributed by atoms with Gasteiger partial charge in [0.05, 0.1) is 6.04 Å². The molecule has 2 aromatic rings. The van der Waals surface area contributed by atoms with E-state index in [0.29, 0.717) is 12.6 Å². The maximum absolute atomic E-state index is 13.8. The van der Waals surface area contributed by atoms with Crippen LogP contribution in [0.25, 0.3) is 0 Å². The van der Waals surface area contributed by atoms with Gasteiger partial charge in [-0.3, -0.25) is 14.4 Å². The standard InChI is InChI=1S/C21H21F2N3O4.CH4O/c1-11-3-2-4-14-9-25(11)21(30)17-19(28)18(27)15(10-26(14)17)20(29)24-8-12-5-6-13(22)7-16(12)23;1-2/h5-7,10-11,14,28H,2-4,8-9H2,1H3,(H,24,29);2H,1H3. The highest BCUT2D eigenvalue weighted by Gasteiger charge is 2.38. The molecular formula is C22H25F2N3O5. The number of carbonyl (C=O) groups is 2. The fourth-order valence-corrected chi connectivity index (χ4v) is 4.17. The number of aromatic nitrogens is 1. The smallest absolute Gasteiger partial charge is 0.274 e. The van der Waals surface area contributed by atoms with Crippen molar-refractivity contribution in [1.82, 2.24) is 14.8 Å². The van der Waals surface area contributed by atoms with E-state index in [-0.39, 0.29) is 35.4 Å². The van der Waals surface area contributed by atoms with Crippen LogP contribution < -0.4 is 10.7 Å². The Morgan fingerprint density at radius 1 is 1.22 bits per heavy atom. The van der Waals surface area contributed by atoms with Gasteiger partial charge in [0.2, 0.25) is 5.43 Å². The molecule has 0 saturated carbocycles. The van der Waals surface area contributed by atoms with Gasteiger partial charge in [-0.25, -0.2) is 8.78 Å². The second kappa shape index (κ2) is 9.47. The molecule has 172 valence electrons. The van der Waals surface area contributed by atoms with Crippen LogP contribution in [0, 0.1) is 11.6 Å². The van der Waals surface area contributed by atoms with Crippen molar-refractivity contribution in [3.63, 3.8) is 0 Å². The van der Waals surface area contributed by atoms with E-state index in [1.165, 1.54) is 16.8 Å². The minimum absolute atomic E-state index is 0.000618. The van der Waals surface area contributed by atoms with E-state index in [4.69, 9.17) is 5.11 Å². The number of hydrogen-bond donors (Lipinski definition) is 3. The highest BCUT2D eigenvalue weighted by molar-refractivity contribution is 5.99. The first-order valence-electron chi connectivity index (χ1n) is 10.2. The third-order valence-electron chi connectivity index (χ3n) is 5.87. The molecule has 2 atom stereocenters. The van der Waals surface area contributed by atoms with Crippen molar-refractivity contribution in [2.24, 2.45) is 0 Å². The predicted octanol–water partition coefficient (Wildman–Crippen LogP) is 1.94. The zero-order valence-electron chi connectivity index (χ0n) is 17.8. The van der Waals surface area contributed by atoms with E-state index in [0.717, 1.165) is 32.4 Å². The van der Waals surface area contributed by atoms with Gasteiger partial charge in [-0.05, 0) is 32.3 Å². The molecule has 8 nitrogen and oxygen atoms in total. The first kappa shape index (κ1) is 23.4. The van der Waals surface area contributed by atoms with Gasteiger partial charge in [0.1, 0.15) is 17.2 Å². The third kappa shape index (κ3) is 4.22. The highest BCUT2D eigenvalue weighted by Crippen LogP contribution is 2.34. The van der Waals surface area contributed by atoms with Crippen LogP contribution in [0.1, 0.15) is 58.6 Å². The summed E-state index contributed by atoms with van der Waals surface area (Å²) in [6.45, 7) is 2.11. The van der Waals surface area contributed by atoms with Crippen molar-refractivity contribution in [3.8, 4) is 5.75 Å². The van der Waals surface area contributed by atoms with Crippen molar-refractivity contribution < 1.29 is 28.6 Å². The number of halogens is 2. The number of benzene rings is 1. The van der Waals surface area contributed by atoms with Crippen LogP contribution in [0.15, 0.2) is 29.2 Å². The van der Waals surface area contributed by atoms with Crippen molar-refractivity contribution in [2.45, 2.75) is 44.8 Å². The molecule has 0 spiro atoms. The summed E-state index contributed by atoms with van der Waals surface area (Å²) in [6, 6.07) is 2.80. The Morgan fingerprint density at radius 2 is 1.94 bits per heavy atom. The van der Waals surface area contributed by atoms with Gasteiger partial charge >= 0.3 is 0 Å². The topological polar surface area (TPSA) is 112 Å². The zero-order chi connectivity index (χ0) is 23.6. The first-order chi connectivity index (χ1) is 15.3. The van der Waals surface area contributed by atoms with Crippen LogP contribution in [-0.4, -0.2) is 51.2 Å². The molecule has 2 bridgehead atoms. The lowest BCUT2D eigenvalue weighted by atomic mass is 10.1. The Bertz CT molecular complexity index is 1100. The van der Waals surface area contributed by atoms with Crippen molar-refractivity contribution >= 4 is 11.8 Å². The predicted molar refractivity (Wildman–Crippen MR) is 111 cm³/mol. The molecule has 32 heavy (non-hydrogen) atoms. The quantitative estimate of drug-likeness (QED) is 0.663. The molecule has 2 aliphatic heterocycles. The Hall–Kier alpha value is -3.27. The molecular weight excluding hydrogens is 424 g/mol. The lowest BCUT2D eigenvalue weighted by Crippen LogP contribution is -2.47. The molecule has 1 aromatic carbocycles. The summed E-state index contributed by atoms with van der Waals surface area (Å²) in [4.78, 5) is 39.7. The number of fused-ring (bicyclic) bond motifs is 4. The maximum atomic E-state index is 13.8. The molecule has 1 aromatic heterocycles. The van der Waals surface area contributed by atoms with Gasteiger partial charge < -0.3 is 25.0 Å². The summed E-state index contributed by atoms with van der Waals surface area (Å²) in [7, 11) is 1.00. The number of aromatic hydroxyl groups is 1. The lowest BCUT2D eigenvalue weighted by Gasteiger charge is -2.37. The Morgan fingerprint density at radius 3 is 2.62 bits per heavy atom. The van der Waals surface area contributed by atoms with Gasteiger partial charge in [0, 0.05) is 44.1 Å². The minimum atomic E-state index is -0.959. The number of aliphatic hydroxyl groups is 1. The van der Waals surface area contributed by atoms with Crippen LogP contribution in [0.5, 0.6) is 5.75 Å². The van der Waals surface area contributed by atoms with Crippen LogP contribution in [0.3, 0.4) is 0 Å². The minimum Gasteiger partial charge on any atom is -0.503 e. The van der Waals surface area contributed by atoms with Crippen LogP contribution in [-0.2, 0) is 6.54 Å². The van der Waals surface area contributed by atoms with Crippen molar-refractivity contribution in [2.75, 3.05) is 13.7 Å². The van der Waals surface area contributed by atoms with Gasteiger partial charge in [-0.2, -0.15) is 0 Å². The molecule has 2 aliphatic rings. The van der Waals surface area contributed by atoms with E-state index in [2.05, 4.69) is 5.32 Å². The Labute approximate surface area is 183 Å². The largest absolute Gasteiger partial charge is 0.503 e. The number of nitrogens with zero attached hydrogens (tertiary/aromatic N) is 2. The average molecular weight is 449 g/mol. The number of pyridine rings is 1. The molecule has 4 rings (SSSR count). The number of nitrogens with one attached hydrogen (secondary N) is 1. The third-order valence-corrected chi connectivity index (χ3v) is 5.87. The second-order valence-electron chi connectivity index (χ2n) is 7.79. The molecule has 3 heterocycles. The van der Waals surface area contributed by atoms with E-state index in [1.54, 1.807) is 4.90 Å². The highest BCUT2D eigenvalue weighted by atomic mass is 19.1. The van der Waals surface area contributed by atoms with Crippen molar-refractivity contribution in [3.05, 3.63) is 63.1 Å². The van der Waals surface area contributed by atoms with Crippen LogP contribution >= 0.6 is 0 Å². The zero-order valence-corrected chi connectivity index (χ0v) is 17.8. The fourth-order valence-electron chi connectivity index (χ4n) is 4.17. The first-order valence-corrected chi connectivity index (χ1v) is 10.2.